The first kappa shape index (κ1) is 24.0. The number of aliphatic hydroxyl groups excluding tert-OH is 2. The van der Waals surface area contributed by atoms with Crippen molar-refractivity contribution >= 4 is 19.6 Å². The highest BCUT2D eigenvalue weighted by molar-refractivity contribution is 7.39. The van der Waals surface area contributed by atoms with Crippen LogP contribution in [0.1, 0.15) is 32.7 Å². The van der Waals surface area contributed by atoms with Crippen LogP contribution in [0.2, 0.25) is 0 Å². The van der Waals surface area contributed by atoms with Gasteiger partial charge in [-0.1, -0.05) is 20.8 Å². The van der Waals surface area contributed by atoms with Crippen molar-refractivity contribution in [3.63, 3.8) is 0 Å². The van der Waals surface area contributed by atoms with Gasteiger partial charge in [-0.05, 0) is 32.6 Å². The first-order valence-electron chi connectivity index (χ1n) is 9.66. The molecule has 4 N–H and O–H groups in total. The summed E-state index contributed by atoms with van der Waals surface area (Å²) in [6.07, 6.45) is -1.01. The van der Waals surface area contributed by atoms with Crippen LogP contribution in [0.25, 0.3) is 11.0 Å². The van der Waals surface area contributed by atoms with Gasteiger partial charge in [0.25, 0.3) is 0 Å². The number of ether oxygens (including phenoxy) is 1. The number of rotatable bonds is 7. The molecule has 29 heavy (non-hydrogen) atoms. The van der Waals surface area contributed by atoms with Crippen molar-refractivity contribution in [2.24, 2.45) is 0 Å². The van der Waals surface area contributed by atoms with E-state index in [-0.39, 0.29) is 6.61 Å². The molecule has 4 atom stereocenters. The second kappa shape index (κ2) is 11.2. The van der Waals surface area contributed by atoms with Gasteiger partial charge in [0.2, 0.25) is 0 Å². The van der Waals surface area contributed by atoms with E-state index in [0.29, 0.717) is 5.65 Å². The SMILES string of the molecule is CCN(CC)CC.Cc1ncnc2c1ccn2[C@@H]1O[C@H](COP(O)O)[C@@H](O)[C@H]1O. The van der Waals surface area contributed by atoms with Crippen LogP contribution < -0.4 is 0 Å². The summed E-state index contributed by atoms with van der Waals surface area (Å²) in [4.78, 5) is 28.2. The molecule has 0 aliphatic carbocycles. The third-order valence-corrected chi connectivity index (χ3v) is 5.40. The van der Waals surface area contributed by atoms with Gasteiger partial charge in [0.15, 0.2) is 6.23 Å². The van der Waals surface area contributed by atoms with Crippen molar-refractivity contribution in [3.05, 3.63) is 24.3 Å². The molecule has 2 aromatic heterocycles. The first-order chi connectivity index (χ1) is 13.8. The number of hydrogen-bond donors (Lipinski definition) is 4. The minimum atomic E-state index is -2.54. The number of fused-ring (bicyclic) bond motifs is 1. The Kier molecular flexibility index (Phi) is 9.32. The Bertz CT molecular complexity index is 752. The summed E-state index contributed by atoms with van der Waals surface area (Å²) in [5.74, 6) is 0. The predicted molar refractivity (Wildman–Crippen MR) is 109 cm³/mol. The van der Waals surface area contributed by atoms with E-state index in [1.807, 2.05) is 6.92 Å². The van der Waals surface area contributed by atoms with Crippen molar-refractivity contribution in [1.82, 2.24) is 19.4 Å². The molecule has 3 heterocycles. The molecule has 0 saturated carbocycles. The minimum Gasteiger partial charge on any atom is -0.387 e. The molecular formula is C18H31N4O6P. The quantitative estimate of drug-likeness (QED) is 0.474. The average Bonchev–Trinajstić information content (AvgIpc) is 3.25. The molecule has 1 aliphatic heterocycles. The van der Waals surface area contributed by atoms with Gasteiger partial charge < -0.3 is 38.7 Å². The highest BCUT2D eigenvalue weighted by Crippen LogP contribution is 2.34. The standard InChI is InChI=1S/C12H16N3O6P.C6H15N/c1-6-7-2-3-15(11(7)14-5-13-6)12-10(17)9(16)8(21-12)4-20-22(18)19;1-4-7(5-2)6-3/h2-3,5,8-10,12,16-19H,4H2,1H3;4-6H2,1-3H3/t8-,9-,10-,12-;/m1./s1. The number of aryl methyl sites for hydroxylation is 1. The lowest BCUT2D eigenvalue weighted by molar-refractivity contribution is -0.0482. The fourth-order valence-corrected chi connectivity index (χ4v) is 3.49. The molecule has 164 valence electrons. The Balaban J connectivity index is 0.000000370. The average molecular weight is 430 g/mol. The zero-order valence-electron chi connectivity index (χ0n) is 17.2. The Labute approximate surface area is 171 Å². The van der Waals surface area contributed by atoms with Gasteiger partial charge in [-0.15, -0.1) is 0 Å². The van der Waals surface area contributed by atoms with Gasteiger partial charge in [-0.2, -0.15) is 0 Å². The van der Waals surface area contributed by atoms with Crippen molar-refractivity contribution < 1.29 is 29.3 Å². The van der Waals surface area contributed by atoms with Gasteiger partial charge in [-0.25, -0.2) is 9.97 Å². The predicted octanol–water partition coefficient (Wildman–Crippen LogP) is 0.935. The highest BCUT2D eigenvalue weighted by atomic mass is 31.2. The van der Waals surface area contributed by atoms with Crippen molar-refractivity contribution in [1.29, 1.82) is 0 Å². The maximum absolute atomic E-state index is 10.2. The van der Waals surface area contributed by atoms with E-state index in [9.17, 15) is 10.2 Å². The number of nitrogens with zero attached hydrogens (tertiary/aromatic N) is 4. The fraction of sp³-hybridized carbons (Fsp3) is 0.667. The molecule has 0 aromatic carbocycles. The van der Waals surface area contributed by atoms with Gasteiger partial charge in [0.05, 0.1) is 12.3 Å². The summed E-state index contributed by atoms with van der Waals surface area (Å²) in [5, 5.41) is 21.0. The summed E-state index contributed by atoms with van der Waals surface area (Å²) >= 11 is 0. The van der Waals surface area contributed by atoms with E-state index < -0.39 is 33.1 Å². The molecule has 0 radical (unpaired) electrons. The van der Waals surface area contributed by atoms with Crippen LogP contribution in [-0.2, 0) is 9.26 Å². The maximum atomic E-state index is 10.2. The van der Waals surface area contributed by atoms with Gasteiger partial charge >= 0.3 is 8.60 Å². The van der Waals surface area contributed by atoms with Gasteiger partial charge in [0.1, 0.15) is 30.3 Å². The molecule has 10 nitrogen and oxygen atoms in total. The second-order valence-corrected chi connectivity index (χ2v) is 7.40. The molecule has 0 spiro atoms. The van der Waals surface area contributed by atoms with Crippen LogP contribution in [0.4, 0.5) is 0 Å². The van der Waals surface area contributed by atoms with Gasteiger partial charge in [-0.3, -0.25) is 0 Å². The Morgan fingerprint density at radius 3 is 2.34 bits per heavy atom. The molecule has 2 aromatic rings. The minimum absolute atomic E-state index is 0.235. The van der Waals surface area contributed by atoms with E-state index >= 15 is 0 Å². The van der Waals surface area contributed by atoms with Crippen LogP contribution in [0, 0.1) is 6.92 Å². The van der Waals surface area contributed by atoms with E-state index in [4.69, 9.17) is 14.5 Å². The Morgan fingerprint density at radius 2 is 1.79 bits per heavy atom. The van der Waals surface area contributed by atoms with Crippen LogP contribution in [0.15, 0.2) is 18.6 Å². The zero-order chi connectivity index (χ0) is 21.6. The van der Waals surface area contributed by atoms with E-state index in [1.165, 1.54) is 26.0 Å². The van der Waals surface area contributed by atoms with E-state index in [0.717, 1.165) is 11.1 Å². The maximum Gasteiger partial charge on any atom is 0.327 e. The smallest absolute Gasteiger partial charge is 0.327 e. The molecule has 11 heteroatoms. The molecule has 1 fully saturated rings. The monoisotopic (exact) mass is 430 g/mol. The summed E-state index contributed by atoms with van der Waals surface area (Å²) < 4.78 is 11.9. The highest BCUT2D eigenvalue weighted by Gasteiger charge is 2.44. The van der Waals surface area contributed by atoms with Crippen LogP contribution in [0.3, 0.4) is 0 Å². The summed E-state index contributed by atoms with van der Waals surface area (Å²) in [6, 6.07) is 1.80. The molecular weight excluding hydrogens is 399 g/mol. The molecule has 1 aliphatic rings. The molecule has 0 bridgehead atoms. The summed E-state index contributed by atoms with van der Waals surface area (Å²) in [6.45, 7) is 11.7. The molecule has 3 rings (SSSR count). The third kappa shape index (κ3) is 5.90. The van der Waals surface area contributed by atoms with Crippen molar-refractivity contribution in [3.8, 4) is 0 Å². The Morgan fingerprint density at radius 1 is 1.14 bits per heavy atom. The van der Waals surface area contributed by atoms with Crippen molar-refractivity contribution in [2.75, 3.05) is 26.2 Å². The molecule has 0 unspecified atom stereocenters. The lowest BCUT2D eigenvalue weighted by Crippen LogP contribution is -2.33. The topological polar surface area (TPSA) is 133 Å². The molecule has 0 amide bonds. The molecule has 1 saturated heterocycles. The number of aromatic nitrogens is 3. The zero-order valence-corrected chi connectivity index (χ0v) is 18.1. The van der Waals surface area contributed by atoms with Gasteiger partial charge in [0, 0.05) is 11.6 Å². The van der Waals surface area contributed by atoms with Crippen LogP contribution in [0.5, 0.6) is 0 Å². The lowest BCUT2D eigenvalue weighted by atomic mass is 10.1. The number of hydrogen-bond acceptors (Lipinski definition) is 9. The van der Waals surface area contributed by atoms with E-state index in [1.54, 1.807) is 16.8 Å². The summed E-state index contributed by atoms with van der Waals surface area (Å²) in [5.41, 5.74) is 1.37. The van der Waals surface area contributed by atoms with Crippen LogP contribution in [-0.4, -0.2) is 84.0 Å². The number of aliphatic hydroxyl groups is 2. The van der Waals surface area contributed by atoms with Crippen LogP contribution >= 0.6 is 8.60 Å². The largest absolute Gasteiger partial charge is 0.387 e. The lowest BCUT2D eigenvalue weighted by Gasteiger charge is -2.17. The summed E-state index contributed by atoms with van der Waals surface area (Å²) in [7, 11) is -2.54. The second-order valence-electron chi connectivity index (χ2n) is 6.63. The Hall–Kier alpha value is -1.23. The fourth-order valence-electron chi connectivity index (χ4n) is 3.21. The normalized spacial score (nSPS) is 24.3. The first-order valence-corrected chi connectivity index (χ1v) is 10.8. The van der Waals surface area contributed by atoms with E-state index in [2.05, 4.69) is 40.2 Å². The van der Waals surface area contributed by atoms with Crippen molar-refractivity contribution in [2.45, 2.75) is 52.2 Å². The third-order valence-electron chi connectivity index (χ3n) is 5.02.